The fraction of sp³-hybridized carbons (Fsp3) is 0.438. The van der Waals surface area contributed by atoms with Gasteiger partial charge >= 0.3 is 5.97 Å². The van der Waals surface area contributed by atoms with E-state index in [2.05, 4.69) is 17.5 Å². The minimum atomic E-state index is -0.137. The second-order valence-electron chi connectivity index (χ2n) is 5.04. The summed E-state index contributed by atoms with van der Waals surface area (Å²) in [5.41, 5.74) is 1.02. The van der Waals surface area contributed by atoms with Crippen molar-refractivity contribution in [2.24, 2.45) is 5.92 Å². The van der Waals surface area contributed by atoms with E-state index in [1.807, 2.05) is 37.3 Å². The summed E-state index contributed by atoms with van der Waals surface area (Å²) < 4.78 is 5.31. The van der Waals surface area contributed by atoms with E-state index in [9.17, 15) is 4.79 Å². The van der Waals surface area contributed by atoms with Crippen molar-refractivity contribution in [3.8, 4) is 0 Å². The Balaban J connectivity index is 1.67. The molecule has 1 aromatic rings. The Morgan fingerprint density at radius 2 is 2.00 bits per heavy atom. The van der Waals surface area contributed by atoms with Crippen molar-refractivity contribution >= 4 is 5.97 Å². The number of hydrogen-bond acceptors (Lipinski definition) is 3. The SMILES string of the molecule is CC(CNC1CC=CC1)C(=O)OCc1ccccc1. The first kappa shape index (κ1) is 13.8. The predicted octanol–water partition coefficient (Wildman–Crippen LogP) is 2.67. The number of rotatable bonds is 6. The van der Waals surface area contributed by atoms with Crippen molar-refractivity contribution in [3.63, 3.8) is 0 Å². The molecular formula is C16H21NO2. The lowest BCUT2D eigenvalue weighted by atomic mass is 10.1. The van der Waals surface area contributed by atoms with Gasteiger partial charge in [-0.05, 0) is 18.4 Å². The summed E-state index contributed by atoms with van der Waals surface area (Å²) >= 11 is 0. The lowest BCUT2D eigenvalue weighted by molar-refractivity contribution is -0.149. The van der Waals surface area contributed by atoms with E-state index in [0.717, 1.165) is 18.4 Å². The standard InChI is InChI=1S/C16H21NO2/c1-13(11-17-15-9-5-6-10-15)16(18)19-12-14-7-3-2-4-8-14/h2-8,13,15,17H,9-12H2,1H3. The predicted molar refractivity (Wildman–Crippen MR) is 75.6 cm³/mol. The van der Waals surface area contributed by atoms with Crippen LogP contribution in [-0.2, 0) is 16.1 Å². The molecule has 1 N–H and O–H groups in total. The molecule has 0 saturated carbocycles. The highest BCUT2D eigenvalue weighted by atomic mass is 16.5. The molecule has 0 amide bonds. The summed E-state index contributed by atoms with van der Waals surface area (Å²) in [5.74, 6) is -0.244. The summed E-state index contributed by atoms with van der Waals surface area (Å²) in [6, 6.07) is 10.3. The highest BCUT2D eigenvalue weighted by Crippen LogP contribution is 2.10. The van der Waals surface area contributed by atoms with Crippen molar-refractivity contribution in [2.75, 3.05) is 6.54 Å². The molecule has 0 bridgehead atoms. The summed E-state index contributed by atoms with van der Waals surface area (Å²) in [7, 11) is 0. The third-order valence-electron chi connectivity index (χ3n) is 3.35. The van der Waals surface area contributed by atoms with Gasteiger partial charge < -0.3 is 10.1 Å². The van der Waals surface area contributed by atoms with Crippen LogP contribution in [0.3, 0.4) is 0 Å². The summed E-state index contributed by atoms with van der Waals surface area (Å²) in [5, 5.41) is 3.40. The maximum absolute atomic E-state index is 11.8. The van der Waals surface area contributed by atoms with Crippen molar-refractivity contribution in [1.29, 1.82) is 0 Å². The molecule has 0 radical (unpaired) electrons. The van der Waals surface area contributed by atoms with Gasteiger partial charge in [0, 0.05) is 12.6 Å². The van der Waals surface area contributed by atoms with Crippen molar-refractivity contribution in [1.82, 2.24) is 5.32 Å². The quantitative estimate of drug-likeness (QED) is 0.630. The van der Waals surface area contributed by atoms with Gasteiger partial charge in [0.1, 0.15) is 6.61 Å². The lowest BCUT2D eigenvalue weighted by Crippen LogP contribution is -2.34. The second kappa shape index (κ2) is 7.10. The molecule has 0 fully saturated rings. The van der Waals surface area contributed by atoms with Gasteiger partial charge in [0.2, 0.25) is 0 Å². The molecule has 3 heteroatoms. The van der Waals surface area contributed by atoms with Gasteiger partial charge in [-0.1, -0.05) is 49.4 Å². The Hall–Kier alpha value is -1.61. The molecule has 0 spiro atoms. The molecule has 19 heavy (non-hydrogen) atoms. The van der Waals surface area contributed by atoms with Crippen LogP contribution in [0.1, 0.15) is 25.3 Å². The third-order valence-corrected chi connectivity index (χ3v) is 3.35. The highest BCUT2D eigenvalue weighted by molar-refractivity contribution is 5.72. The molecule has 1 aromatic carbocycles. The number of benzene rings is 1. The average molecular weight is 259 g/mol. The molecule has 0 aromatic heterocycles. The van der Waals surface area contributed by atoms with E-state index < -0.39 is 0 Å². The molecule has 1 atom stereocenters. The number of hydrogen-bond donors (Lipinski definition) is 1. The summed E-state index contributed by atoms with van der Waals surface area (Å²) in [6.07, 6.45) is 6.48. The maximum atomic E-state index is 11.8. The number of nitrogens with one attached hydrogen (secondary N) is 1. The fourth-order valence-electron chi connectivity index (χ4n) is 2.08. The van der Waals surface area contributed by atoms with Crippen LogP contribution < -0.4 is 5.32 Å². The Morgan fingerprint density at radius 1 is 1.32 bits per heavy atom. The van der Waals surface area contributed by atoms with Crippen LogP contribution in [-0.4, -0.2) is 18.6 Å². The summed E-state index contributed by atoms with van der Waals surface area (Å²) in [4.78, 5) is 11.8. The van der Waals surface area contributed by atoms with Gasteiger partial charge in [-0.3, -0.25) is 4.79 Å². The molecule has 102 valence electrons. The molecule has 1 aliphatic carbocycles. The monoisotopic (exact) mass is 259 g/mol. The molecule has 0 saturated heterocycles. The average Bonchev–Trinajstić information content (AvgIpc) is 2.96. The highest BCUT2D eigenvalue weighted by Gasteiger charge is 2.17. The van der Waals surface area contributed by atoms with E-state index >= 15 is 0 Å². The molecular weight excluding hydrogens is 238 g/mol. The Labute approximate surface area is 114 Å². The van der Waals surface area contributed by atoms with Crippen LogP contribution in [0.2, 0.25) is 0 Å². The van der Waals surface area contributed by atoms with E-state index in [1.54, 1.807) is 0 Å². The van der Waals surface area contributed by atoms with Crippen molar-refractivity contribution in [3.05, 3.63) is 48.0 Å². The van der Waals surface area contributed by atoms with E-state index in [1.165, 1.54) is 0 Å². The van der Waals surface area contributed by atoms with Gasteiger partial charge in [-0.2, -0.15) is 0 Å². The lowest BCUT2D eigenvalue weighted by Gasteiger charge is -2.16. The van der Waals surface area contributed by atoms with Gasteiger partial charge in [-0.25, -0.2) is 0 Å². The van der Waals surface area contributed by atoms with Crippen molar-refractivity contribution < 1.29 is 9.53 Å². The molecule has 1 unspecified atom stereocenters. The molecule has 0 aliphatic heterocycles. The molecule has 1 aliphatic rings. The van der Waals surface area contributed by atoms with E-state index in [0.29, 0.717) is 19.2 Å². The van der Waals surface area contributed by atoms with Gasteiger partial charge in [-0.15, -0.1) is 0 Å². The Bertz CT molecular complexity index is 420. The van der Waals surface area contributed by atoms with Crippen LogP contribution in [0.5, 0.6) is 0 Å². The van der Waals surface area contributed by atoms with Crippen LogP contribution in [0, 0.1) is 5.92 Å². The largest absolute Gasteiger partial charge is 0.461 e. The van der Waals surface area contributed by atoms with Crippen molar-refractivity contribution in [2.45, 2.75) is 32.4 Å². The number of ether oxygens (including phenoxy) is 1. The first-order chi connectivity index (χ1) is 9.25. The summed E-state index contributed by atoms with van der Waals surface area (Å²) in [6.45, 7) is 2.94. The van der Waals surface area contributed by atoms with Crippen LogP contribution >= 0.6 is 0 Å². The number of esters is 1. The zero-order chi connectivity index (χ0) is 13.5. The van der Waals surface area contributed by atoms with Crippen LogP contribution in [0.15, 0.2) is 42.5 Å². The molecule has 3 nitrogen and oxygen atoms in total. The zero-order valence-electron chi connectivity index (χ0n) is 11.3. The second-order valence-corrected chi connectivity index (χ2v) is 5.04. The Morgan fingerprint density at radius 3 is 2.68 bits per heavy atom. The third kappa shape index (κ3) is 4.52. The van der Waals surface area contributed by atoms with E-state index in [-0.39, 0.29) is 11.9 Å². The number of carbonyl (C=O) groups is 1. The topological polar surface area (TPSA) is 38.3 Å². The smallest absolute Gasteiger partial charge is 0.310 e. The molecule has 2 rings (SSSR count). The minimum Gasteiger partial charge on any atom is -0.461 e. The van der Waals surface area contributed by atoms with Crippen LogP contribution in [0.25, 0.3) is 0 Å². The van der Waals surface area contributed by atoms with Gasteiger partial charge in [0.05, 0.1) is 5.92 Å². The first-order valence-corrected chi connectivity index (χ1v) is 6.84. The zero-order valence-corrected chi connectivity index (χ0v) is 11.3. The maximum Gasteiger partial charge on any atom is 0.310 e. The van der Waals surface area contributed by atoms with E-state index in [4.69, 9.17) is 4.74 Å². The van der Waals surface area contributed by atoms with Crippen LogP contribution in [0.4, 0.5) is 0 Å². The first-order valence-electron chi connectivity index (χ1n) is 6.84. The van der Waals surface area contributed by atoms with Gasteiger partial charge in [0.15, 0.2) is 0 Å². The Kier molecular flexibility index (Phi) is 5.16. The fourth-order valence-corrected chi connectivity index (χ4v) is 2.08. The van der Waals surface area contributed by atoms with Gasteiger partial charge in [0.25, 0.3) is 0 Å². The molecule has 0 heterocycles. The minimum absolute atomic E-state index is 0.107. The normalized spacial score (nSPS) is 16.5. The number of carbonyl (C=O) groups excluding carboxylic acids is 1.